The summed E-state index contributed by atoms with van der Waals surface area (Å²) in [5.41, 5.74) is 0. The van der Waals surface area contributed by atoms with Gasteiger partial charge < -0.3 is 13.3 Å². The average Bonchev–Trinajstić information content (AvgIpc) is 2.99. The average molecular weight is 410 g/mol. The topological polar surface area (TPSA) is 90.9 Å². The quantitative estimate of drug-likeness (QED) is 0.206. The minimum absolute atomic E-state index is 0.218. The molecule has 0 saturated carbocycles. The van der Waals surface area contributed by atoms with Crippen molar-refractivity contribution in [2.45, 2.75) is 59.2 Å². The smallest absolute Gasteiger partial charge is 0.374 e. The fraction of sp³-hybridized carbons (Fsp3) is 0.812. The molecule has 1 rings (SSSR count). The van der Waals surface area contributed by atoms with E-state index in [0.717, 1.165) is 25.4 Å². The van der Waals surface area contributed by atoms with Crippen LogP contribution < -0.4 is 4.57 Å². The van der Waals surface area contributed by atoms with Crippen LogP contribution in [0, 0.1) is 0 Å². The number of imidazole rings is 1. The van der Waals surface area contributed by atoms with Crippen LogP contribution in [-0.4, -0.2) is 51.9 Å². The summed E-state index contributed by atoms with van der Waals surface area (Å²) in [6, 6.07) is 0.804. The van der Waals surface area contributed by atoms with E-state index in [-0.39, 0.29) is 5.75 Å². The Balaban J connectivity index is 2.40. The lowest BCUT2D eigenvalue weighted by molar-refractivity contribution is -0.696. The van der Waals surface area contributed by atoms with Gasteiger partial charge in [-0.15, -0.1) is 0 Å². The summed E-state index contributed by atoms with van der Waals surface area (Å²) in [5.74, 6) is -0.218. The van der Waals surface area contributed by atoms with Crippen molar-refractivity contribution < 1.29 is 30.8 Å². The summed E-state index contributed by atoms with van der Waals surface area (Å²) in [6.07, 6.45) is 8.13. The summed E-state index contributed by atoms with van der Waals surface area (Å²) in [4.78, 5) is 0. The molecule has 1 aromatic rings. The molecule has 0 aliphatic heterocycles. The molecular weight excluding hydrogens is 376 g/mol. The number of hydrogen-bond acceptors (Lipinski definition) is 5. The van der Waals surface area contributed by atoms with Crippen LogP contribution in [0.15, 0.2) is 18.7 Å². The standard InChI is InChI=1S/C16H32N2O6SSi/c1-4-22-26(23-5-2,24-6-3)15-8-7-10-17-12-13-18(16-17)11-9-14-25(19,20)21/h12-13,16H,4-11,14-15H2,1-3H3/p+1. The van der Waals surface area contributed by atoms with Gasteiger partial charge in [0, 0.05) is 32.3 Å². The third-order valence-electron chi connectivity index (χ3n) is 3.81. The molecule has 8 nitrogen and oxygen atoms in total. The SMILES string of the molecule is CCO[Si](CCCCn1cc[n+](CCCS(=O)(=O)O)c1)(OCC)OCC. The summed E-state index contributed by atoms with van der Waals surface area (Å²) in [7, 11) is -6.44. The zero-order chi connectivity index (χ0) is 19.5. The molecule has 0 amide bonds. The minimum atomic E-state index is -3.89. The highest BCUT2D eigenvalue weighted by atomic mass is 32.2. The molecule has 0 aliphatic carbocycles. The molecule has 0 aliphatic rings. The van der Waals surface area contributed by atoms with Crippen LogP contribution in [0.5, 0.6) is 0 Å². The van der Waals surface area contributed by atoms with Crippen molar-refractivity contribution in [3.8, 4) is 0 Å². The van der Waals surface area contributed by atoms with Crippen LogP contribution in [0.4, 0.5) is 0 Å². The monoisotopic (exact) mass is 409 g/mol. The Morgan fingerprint density at radius 1 is 1.04 bits per heavy atom. The molecule has 10 heteroatoms. The molecule has 0 atom stereocenters. The third-order valence-corrected chi connectivity index (χ3v) is 7.76. The number of aryl methyl sites for hydroxylation is 2. The molecule has 0 bridgehead atoms. The number of aromatic nitrogens is 2. The number of unbranched alkanes of at least 4 members (excludes halogenated alkanes) is 1. The predicted molar refractivity (Wildman–Crippen MR) is 100 cm³/mol. The highest BCUT2D eigenvalue weighted by Crippen LogP contribution is 2.19. The minimum Gasteiger partial charge on any atom is -0.374 e. The van der Waals surface area contributed by atoms with E-state index < -0.39 is 18.9 Å². The van der Waals surface area contributed by atoms with E-state index in [1.165, 1.54) is 0 Å². The maximum atomic E-state index is 10.7. The van der Waals surface area contributed by atoms with Crippen molar-refractivity contribution in [2.75, 3.05) is 25.6 Å². The lowest BCUT2D eigenvalue weighted by atomic mass is 10.3. The van der Waals surface area contributed by atoms with Crippen molar-refractivity contribution in [2.24, 2.45) is 0 Å². The zero-order valence-corrected chi connectivity index (χ0v) is 17.9. The van der Waals surface area contributed by atoms with Crippen LogP contribution in [0.1, 0.15) is 40.0 Å². The molecule has 1 aromatic heterocycles. The van der Waals surface area contributed by atoms with Crippen molar-refractivity contribution in [1.82, 2.24) is 4.57 Å². The van der Waals surface area contributed by atoms with Gasteiger partial charge in [0.25, 0.3) is 10.1 Å². The molecule has 0 fully saturated rings. The maximum absolute atomic E-state index is 10.7. The van der Waals surface area contributed by atoms with E-state index in [9.17, 15) is 8.42 Å². The molecule has 0 radical (unpaired) electrons. The molecule has 0 spiro atoms. The van der Waals surface area contributed by atoms with Crippen molar-refractivity contribution in [1.29, 1.82) is 0 Å². The van der Waals surface area contributed by atoms with Gasteiger partial charge in [0.15, 0.2) is 0 Å². The zero-order valence-electron chi connectivity index (χ0n) is 16.1. The van der Waals surface area contributed by atoms with Gasteiger partial charge in [-0.1, -0.05) is 0 Å². The molecule has 26 heavy (non-hydrogen) atoms. The Morgan fingerprint density at radius 3 is 2.19 bits per heavy atom. The number of hydrogen-bond donors (Lipinski definition) is 1. The van der Waals surface area contributed by atoms with E-state index >= 15 is 0 Å². The van der Waals surface area contributed by atoms with Gasteiger partial charge >= 0.3 is 8.80 Å². The normalized spacial score (nSPS) is 12.6. The van der Waals surface area contributed by atoms with Crippen LogP contribution >= 0.6 is 0 Å². The number of nitrogens with zero attached hydrogens (tertiary/aromatic N) is 2. The van der Waals surface area contributed by atoms with Gasteiger partial charge in [0.05, 0.1) is 18.8 Å². The Kier molecular flexibility index (Phi) is 10.6. The summed E-state index contributed by atoms with van der Waals surface area (Å²) >= 11 is 0. The predicted octanol–water partition coefficient (Wildman–Crippen LogP) is 1.88. The van der Waals surface area contributed by atoms with Gasteiger partial charge in [-0.05, 0) is 33.6 Å². The van der Waals surface area contributed by atoms with E-state index in [1.807, 2.05) is 44.1 Å². The number of rotatable bonds is 15. The second-order valence-corrected chi connectivity index (χ2v) is 10.3. The Labute approximate surface area is 158 Å². The van der Waals surface area contributed by atoms with Gasteiger partial charge in [0.2, 0.25) is 6.33 Å². The molecule has 1 heterocycles. The van der Waals surface area contributed by atoms with Crippen molar-refractivity contribution >= 4 is 18.9 Å². The van der Waals surface area contributed by atoms with Crippen molar-refractivity contribution in [3.63, 3.8) is 0 Å². The van der Waals surface area contributed by atoms with Crippen LogP contribution in [0.25, 0.3) is 0 Å². The Bertz CT molecular complexity index is 591. The molecular formula is C16H33N2O6SSi+. The van der Waals surface area contributed by atoms with Crippen molar-refractivity contribution in [3.05, 3.63) is 18.7 Å². The van der Waals surface area contributed by atoms with Gasteiger partial charge in [0.1, 0.15) is 12.4 Å². The third kappa shape index (κ3) is 9.24. The van der Waals surface area contributed by atoms with Crippen LogP contribution in [0.3, 0.4) is 0 Å². The van der Waals surface area contributed by atoms with Gasteiger partial charge in [-0.25, -0.2) is 9.13 Å². The summed E-state index contributed by atoms with van der Waals surface area (Å²) in [6.45, 7) is 9.07. The highest BCUT2D eigenvalue weighted by Gasteiger charge is 2.39. The molecule has 152 valence electrons. The largest absolute Gasteiger partial charge is 0.500 e. The Morgan fingerprint density at radius 2 is 1.65 bits per heavy atom. The first-order chi connectivity index (χ1) is 12.3. The van der Waals surface area contributed by atoms with E-state index in [1.54, 1.807) is 0 Å². The molecule has 0 unspecified atom stereocenters. The van der Waals surface area contributed by atoms with Gasteiger partial charge in [-0.3, -0.25) is 4.55 Å². The fourth-order valence-electron chi connectivity index (χ4n) is 2.77. The fourth-order valence-corrected chi connectivity index (χ4v) is 5.95. The molecule has 0 saturated heterocycles. The summed E-state index contributed by atoms with van der Waals surface area (Å²) < 4.78 is 51.8. The highest BCUT2D eigenvalue weighted by molar-refractivity contribution is 7.85. The summed E-state index contributed by atoms with van der Waals surface area (Å²) in [5, 5.41) is 0. The first-order valence-corrected chi connectivity index (χ1v) is 12.8. The Hall–Kier alpha value is -0.783. The van der Waals surface area contributed by atoms with E-state index in [0.29, 0.717) is 32.8 Å². The van der Waals surface area contributed by atoms with Gasteiger partial charge in [-0.2, -0.15) is 8.42 Å². The van der Waals surface area contributed by atoms with E-state index in [2.05, 4.69) is 4.57 Å². The first kappa shape index (κ1) is 23.3. The van der Waals surface area contributed by atoms with Crippen LogP contribution in [0.2, 0.25) is 6.04 Å². The molecule has 0 aromatic carbocycles. The second kappa shape index (κ2) is 11.8. The maximum Gasteiger partial charge on any atom is 0.500 e. The first-order valence-electron chi connectivity index (χ1n) is 9.26. The van der Waals surface area contributed by atoms with E-state index in [4.69, 9.17) is 17.8 Å². The molecule has 1 N–H and O–H groups in total. The lowest BCUT2D eigenvalue weighted by Gasteiger charge is -2.28. The second-order valence-electron chi connectivity index (χ2n) is 5.97. The lowest BCUT2D eigenvalue weighted by Crippen LogP contribution is -2.45. The van der Waals surface area contributed by atoms with Crippen LogP contribution in [-0.2, 0) is 36.5 Å².